The molecule has 0 radical (unpaired) electrons. The van der Waals surface area contributed by atoms with E-state index in [0.717, 1.165) is 10.5 Å². The third kappa shape index (κ3) is 3.83. The molecule has 1 amide bonds. The van der Waals surface area contributed by atoms with E-state index in [9.17, 15) is 14.4 Å². The third-order valence-electron chi connectivity index (χ3n) is 4.74. The van der Waals surface area contributed by atoms with Gasteiger partial charge in [0.1, 0.15) is 12.1 Å². The van der Waals surface area contributed by atoms with Crippen LogP contribution in [0.3, 0.4) is 0 Å². The Morgan fingerprint density at radius 1 is 1.13 bits per heavy atom. The van der Waals surface area contributed by atoms with E-state index in [2.05, 4.69) is 20.5 Å². The van der Waals surface area contributed by atoms with E-state index in [4.69, 9.17) is 5.73 Å². The van der Waals surface area contributed by atoms with E-state index in [1.54, 1.807) is 24.3 Å². The SMILES string of the molecule is CN(C(=O)c1cccc(-n2cnnn2)c1)c1c(N)n(Cc2ccccc2)c(=O)[nH]c1=O. The molecule has 31 heavy (non-hydrogen) atoms. The summed E-state index contributed by atoms with van der Waals surface area (Å²) in [4.78, 5) is 41.3. The number of anilines is 2. The second-order valence-electron chi connectivity index (χ2n) is 6.73. The van der Waals surface area contributed by atoms with Gasteiger partial charge in [0.2, 0.25) is 0 Å². The van der Waals surface area contributed by atoms with Gasteiger partial charge in [0, 0.05) is 12.6 Å². The van der Waals surface area contributed by atoms with Crippen molar-refractivity contribution in [3.63, 3.8) is 0 Å². The highest BCUT2D eigenvalue weighted by molar-refractivity contribution is 6.07. The highest BCUT2D eigenvalue weighted by Gasteiger charge is 2.22. The summed E-state index contributed by atoms with van der Waals surface area (Å²) in [5, 5.41) is 10.9. The van der Waals surface area contributed by atoms with E-state index in [-0.39, 0.29) is 23.6 Å². The Kier molecular flexibility index (Phi) is 5.14. The maximum Gasteiger partial charge on any atom is 0.330 e. The van der Waals surface area contributed by atoms with Gasteiger partial charge in [0.25, 0.3) is 11.5 Å². The smallest absolute Gasteiger partial charge is 0.330 e. The number of carbonyl (C=O) groups is 1. The van der Waals surface area contributed by atoms with Crippen LogP contribution in [0.5, 0.6) is 0 Å². The predicted octanol–water partition coefficient (Wildman–Crippen LogP) is 0.419. The number of nitrogens with zero attached hydrogens (tertiary/aromatic N) is 6. The highest BCUT2D eigenvalue weighted by atomic mass is 16.2. The predicted molar refractivity (Wildman–Crippen MR) is 113 cm³/mol. The van der Waals surface area contributed by atoms with Gasteiger partial charge in [-0.25, -0.2) is 9.48 Å². The van der Waals surface area contributed by atoms with Gasteiger partial charge >= 0.3 is 5.69 Å². The van der Waals surface area contributed by atoms with E-state index in [0.29, 0.717) is 5.69 Å². The van der Waals surface area contributed by atoms with E-state index in [1.165, 1.54) is 22.6 Å². The van der Waals surface area contributed by atoms with Crippen LogP contribution in [0.15, 0.2) is 70.5 Å². The molecule has 4 aromatic rings. The minimum atomic E-state index is -0.751. The molecule has 11 nitrogen and oxygen atoms in total. The van der Waals surface area contributed by atoms with Gasteiger partial charge < -0.3 is 10.6 Å². The summed E-state index contributed by atoms with van der Waals surface area (Å²) < 4.78 is 2.62. The monoisotopic (exact) mass is 418 g/mol. The average molecular weight is 418 g/mol. The number of hydrogen-bond donors (Lipinski definition) is 2. The number of nitrogen functional groups attached to an aromatic ring is 1. The minimum absolute atomic E-state index is 0.106. The molecule has 0 bridgehead atoms. The minimum Gasteiger partial charge on any atom is -0.383 e. The number of tetrazole rings is 1. The lowest BCUT2D eigenvalue weighted by Gasteiger charge is -2.20. The molecular weight excluding hydrogens is 400 g/mol. The van der Waals surface area contributed by atoms with Gasteiger partial charge in [0.05, 0.1) is 12.2 Å². The zero-order valence-corrected chi connectivity index (χ0v) is 16.5. The largest absolute Gasteiger partial charge is 0.383 e. The van der Waals surface area contributed by atoms with Crippen LogP contribution in [0.1, 0.15) is 15.9 Å². The van der Waals surface area contributed by atoms with Crippen molar-refractivity contribution in [1.82, 2.24) is 29.8 Å². The van der Waals surface area contributed by atoms with Crippen LogP contribution in [-0.2, 0) is 6.54 Å². The second-order valence-corrected chi connectivity index (χ2v) is 6.73. The zero-order valence-electron chi connectivity index (χ0n) is 16.5. The van der Waals surface area contributed by atoms with Crippen LogP contribution in [-0.4, -0.2) is 42.7 Å². The van der Waals surface area contributed by atoms with Crippen LogP contribution < -0.4 is 21.9 Å². The van der Waals surface area contributed by atoms with Crippen molar-refractivity contribution < 1.29 is 4.79 Å². The number of aromatic amines is 1. The maximum absolute atomic E-state index is 13.1. The molecule has 0 aliphatic rings. The molecule has 2 aromatic carbocycles. The molecule has 0 fully saturated rings. The molecule has 0 saturated carbocycles. The number of hydrogen-bond acceptors (Lipinski definition) is 7. The normalized spacial score (nSPS) is 10.7. The Morgan fingerprint density at radius 2 is 1.90 bits per heavy atom. The number of amides is 1. The first-order valence-corrected chi connectivity index (χ1v) is 9.23. The molecule has 0 aliphatic carbocycles. The van der Waals surface area contributed by atoms with Crippen LogP contribution in [0, 0.1) is 0 Å². The van der Waals surface area contributed by atoms with Crippen molar-refractivity contribution in [3.05, 3.63) is 92.9 Å². The van der Waals surface area contributed by atoms with Gasteiger partial charge in [-0.15, -0.1) is 5.10 Å². The lowest BCUT2D eigenvalue weighted by atomic mass is 10.1. The molecule has 2 aromatic heterocycles. The fourth-order valence-corrected chi connectivity index (χ4v) is 3.18. The van der Waals surface area contributed by atoms with Gasteiger partial charge in [0.15, 0.2) is 5.69 Å². The summed E-state index contributed by atoms with van der Waals surface area (Å²) in [7, 11) is 1.42. The van der Waals surface area contributed by atoms with Gasteiger partial charge in [-0.05, 0) is 34.2 Å². The summed E-state index contributed by atoms with van der Waals surface area (Å²) in [5.41, 5.74) is 6.33. The number of H-pyrrole nitrogens is 1. The second kappa shape index (κ2) is 8.06. The molecule has 156 valence electrons. The Morgan fingerprint density at radius 3 is 2.61 bits per heavy atom. The summed E-state index contributed by atoms with van der Waals surface area (Å²) in [6, 6.07) is 15.7. The van der Waals surface area contributed by atoms with E-state index in [1.807, 2.05) is 30.3 Å². The van der Waals surface area contributed by atoms with Crippen LogP contribution in [0.25, 0.3) is 5.69 Å². The molecule has 3 N–H and O–H groups in total. The number of nitrogens with two attached hydrogens (primary N) is 1. The summed E-state index contributed by atoms with van der Waals surface area (Å²) in [6.07, 6.45) is 1.40. The summed E-state index contributed by atoms with van der Waals surface area (Å²) in [6.45, 7) is 0.145. The molecule has 0 aliphatic heterocycles. The average Bonchev–Trinajstić information content (AvgIpc) is 3.32. The zero-order chi connectivity index (χ0) is 22.0. The molecule has 0 unspecified atom stereocenters. The van der Waals surface area contributed by atoms with Crippen molar-refractivity contribution in [2.45, 2.75) is 6.54 Å². The Bertz CT molecular complexity index is 1340. The Hall–Kier alpha value is -4.54. The first kappa shape index (κ1) is 19.8. The van der Waals surface area contributed by atoms with Crippen molar-refractivity contribution >= 4 is 17.4 Å². The first-order valence-electron chi connectivity index (χ1n) is 9.23. The van der Waals surface area contributed by atoms with Crippen LogP contribution >= 0.6 is 0 Å². The quantitative estimate of drug-likeness (QED) is 0.478. The Balaban J connectivity index is 1.71. The van der Waals surface area contributed by atoms with Gasteiger partial charge in [-0.2, -0.15) is 0 Å². The van der Waals surface area contributed by atoms with Crippen molar-refractivity contribution in [1.29, 1.82) is 0 Å². The van der Waals surface area contributed by atoms with Crippen LogP contribution in [0.2, 0.25) is 0 Å². The first-order chi connectivity index (χ1) is 15.0. The molecule has 0 saturated heterocycles. The van der Waals surface area contributed by atoms with Crippen molar-refractivity contribution in [3.8, 4) is 5.69 Å². The third-order valence-corrected chi connectivity index (χ3v) is 4.74. The van der Waals surface area contributed by atoms with Crippen LogP contribution in [0.4, 0.5) is 11.5 Å². The summed E-state index contributed by atoms with van der Waals surface area (Å²) in [5.74, 6) is -0.595. The lowest BCUT2D eigenvalue weighted by molar-refractivity contribution is 0.0992. The number of carbonyl (C=O) groups excluding carboxylic acids is 1. The number of aromatic nitrogens is 6. The molecule has 4 rings (SSSR count). The van der Waals surface area contributed by atoms with E-state index >= 15 is 0 Å². The lowest BCUT2D eigenvalue weighted by Crippen LogP contribution is -2.39. The molecule has 11 heteroatoms. The number of nitrogens with one attached hydrogen (secondary N) is 1. The van der Waals surface area contributed by atoms with E-state index < -0.39 is 17.2 Å². The standard InChI is InChI=1S/C20H18N8O3/c1-26(19(30)14-8-5-9-15(10-14)28-12-22-24-25-28)16-17(21)27(20(31)23-18(16)29)11-13-6-3-2-4-7-13/h2-10,12H,11,21H2,1H3,(H,23,29,31). The molecule has 0 atom stereocenters. The topological polar surface area (TPSA) is 145 Å². The Labute approximate surface area is 175 Å². The molecule has 0 spiro atoms. The van der Waals surface area contributed by atoms with Crippen molar-refractivity contribution in [2.24, 2.45) is 0 Å². The van der Waals surface area contributed by atoms with Crippen molar-refractivity contribution in [2.75, 3.05) is 17.7 Å². The molecular formula is C20H18N8O3. The fourth-order valence-electron chi connectivity index (χ4n) is 3.18. The van der Waals surface area contributed by atoms with Gasteiger partial charge in [-0.3, -0.25) is 19.1 Å². The summed E-state index contributed by atoms with van der Waals surface area (Å²) >= 11 is 0. The fraction of sp³-hybridized carbons (Fsp3) is 0.100. The highest BCUT2D eigenvalue weighted by Crippen LogP contribution is 2.19. The number of benzene rings is 2. The van der Waals surface area contributed by atoms with Gasteiger partial charge in [-0.1, -0.05) is 36.4 Å². The maximum atomic E-state index is 13.1. The number of rotatable bonds is 5. The molecule has 2 heterocycles.